The second-order valence-electron chi connectivity index (χ2n) is 3.98. The first kappa shape index (κ1) is 9.21. The van der Waals surface area contributed by atoms with Crippen LogP contribution in [0.15, 0.2) is 42.9 Å². The molecule has 0 fully saturated rings. The van der Waals surface area contributed by atoms with E-state index < -0.39 is 0 Å². The second kappa shape index (κ2) is 3.85. The van der Waals surface area contributed by atoms with Gasteiger partial charge in [0.1, 0.15) is 0 Å². The molecule has 0 saturated carbocycles. The van der Waals surface area contributed by atoms with Crippen molar-refractivity contribution >= 4 is 11.8 Å². The fourth-order valence-corrected chi connectivity index (χ4v) is 1.99. The van der Waals surface area contributed by atoms with E-state index in [1.54, 1.807) is 6.33 Å². The zero-order valence-electron chi connectivity index (χ0n) is 8.85. The molecule has 3 heteroatoms. The van der Waals surface area contributed by atoms with Crippen molar-refractivity contribution in [3.8, 4) is 0 Å². The number of para-hydroxylation sites is 1. The third-order valence-electron chi connectivity index (χ3n) is 2.80. The van der Waals surface area contributed by atoms with E-state index in [-0.39, 0.29) is 0 Å². The minimum absolute atomic E-state index is 0.343. The van der Waals surface area contributed by atoms with Crippen LogP contribution >= 0.6 is 0 Å². The molecule has 2 aromatic rings. The highest BCUT2D eigenvalue weighted by Crippen LogP contribution is 2.23. The largest absolute Gasteiger partial charge is 0.378 e. The molecular formula is C13H13N3. The molecule has 0 radical (unpaired) electrons. The number of H-pyrrole nitrogens is 1. The number of nitrogens with one attached hydrogen (secondary N) is 2. The Kier molecular flexibility index (Phi) is 2.22. The summed E-state index contributed by atoms with van der Waals surface area (Å²) in [6.45, 7) is 0. The van der Waals surface area contributed by atoms with Crippen molar-refractivity contribution in [3.05, 3.63) is 54.1 Å². The van der Waals surface area contributed by atoms with E-state index in [9.17, 15) is 0 Å². The van der Waals surface area contributed by atoms with Crippen LogP contribution in [0.1, 0.15) is 11.3 Å². The van der Waals surface area contributed by atoms with Crippen LogP contribution < -0.4 is 5.32 Å². The lowest BCUT2D eigenvalue weighted by atomic mass is 10.0. The summed E-state index contributed by atoms with van der Waals surface area (Å²) in [4.78, 5) is 7.15. The highest BCUT2D eigenvalue weighted by Gasteiger charge is 2.12. The highest BCUT2D eigenvalue weighted by atomic mass is 14.9. The second-order valence-corrected chi connectivity index (χ2v) is 3.98. The molecule has 0 aliphatic carbocycles. The van der Waals surface area contributed by atoms with Crippen LogP contribution in [0.3, 0.4) is 0 Å². The fourth-order valence-electron chi connectivity index (χ4n) is 1.99. The Balaban J connectivity index is 1.78. The predicted molar refractivity (Wildman–Crippen MR) is 65.2 cm³/mol. The Hall–Kier alpha value is -2.03. The number of hydrogen-bond acceptors (Lipinski definition) is 2. The first-order chi connectivity index (χ1) is 7.92. The lowest BCUT2D eigenvalue weighted by Gasteiger charge is -2.21. The summed E-state index contributed by atoms with van der Waals surface area (Å²) in [5.74, 6) is 0. The predicted octanol–water partition coefficient (Wildman–Crippen LogP) is 2.46. The first-order valence-corrected chi connectivity index (χ1v) is 5.43. The van der Waals surface area contributed by atoms with Gasteiger partial charge in [-0.25, -0.2) is 4.98 Å². The van der Waals surface area contributed by atoms with Gasteiger partial charge in [-0.15, -0.1) is 0 Å². The Morgan fingerprint density at radius 2 is 2.19 bits per heavy atom. The molecule has 1 aliphatic heterocycles. The van der Waals surface area contributed by atoms with Gasteiger partial charge in [0.15, 0.2) is 0 Å². The summed E-state index contributed by atoms with van der Waals surface area (Å²) in [5, 5.41) is 3.50. The number of nitrogens with zero attached hydrogens (tertiary/aromatic N) is 1. The van der Waals surface area contributed by atoms with E-state index in [4.69, 9.17) is 0 Å². The normalized spacial score (nSPS) is 17.9. The smallest absolute Gasteiger partial charge is 0.0921 e. The van der Waals surface area contributed by atoms with Gasteiger partial charge in [-0.2, -0.15) is 0 Å². The first-order valence-electron chi connectivity index (χ1n) is 5.43. The number of rotatable bonds is 2. The number of anilines is 1. The van der Waals surface area contributed by atoms with Crippen LogP contribution in [-0.2, 0) is 6.42 Å². The monoisotopic (exact) mass is 211 g/mol. The van der Waals surface area contributed by atoms with Crippen molar-refractivity contribution in [1.29, 1.82) is 0 Å². The minimum atomic E-state index is 0.343. The van der Waals surface area contributed by atoms with E-state index in [0.29, 0.717) is 6.04 Å². The maximum atomic E-state index is 4.02. The van der Waals surface area contributed by atoms with Crippen molar-refractivity contribution in [3.63, 3.8) is 0 Å². The SMILES string of the molecule is C1=CC(Cc2cnc[nH]2)Nc2ccccc21. The van der Waals surface area contributed by atoms with E-state index >= 15 is 0 Å². The molecule has 0 amide bonds. The Labute approximate surface area is 94.2 Å². The van der Waals surface area contributed by atoms with Crippen LogP contribution in [0, 0.1) is 0 Å². The lowest BCUT2D eigenvalue weighted by molar-refractivity contribution is 0.840. The Bertz CT molecular complexity index is 500. The summed E-state index contributed by atoms with van der Waals surface area (Å²) < 4.78 is 0. The maximum absolute atomic E-state index is 4.02. The Morgan fingerprint density at radius 1 is 1.25 bits per heavy atom. The molecular weight excluding hydrogens is 198 g/mol. The Morgan fingerprint density at radius 3 is 3.06 bits per heavy atom. The average Bonchev–Trinajstić information content (AvgIpc) is 2.82. The molecule has 1 aliphatic rings. The van der Waals surface area contributed by atoms with Crippen molar-refractivity contribution in [2.75, 3.05) is 5.32 Å². The zero-order valence-corrected chi connectivity index (χ0v) is 8.85. The maximum Gasteiger partial charge on any atom is 0.0921 e. The molecule has 1 atom stereocenters. The van der Waals surface area contributed by atoms with Crippen LogP contribution in [0.2, 0.25) is 0 Å². The van der Waals surface area contributed by atoms with Crippen molar-refractivity contribution in [1.82, 2.24) is 9.97 Å². The third-order valence-corrected chi connectivity index (χ3v) is 2.80. The molecule has 16 heavy (non-hydrogen) atoms. The summed E-state index contributed by atoms with van der Waals surface area (Å²) in [6.07, 6.45) is 8.90. The standard InChI is InChI=1S/C13H13N3/c1-2-4-13-10(3-1)5-6-11(16-13)7-12-8-14-9-15-12/h1-6,8-9,11,16H,7H2,(H,14,15). The number of hydrogen-bond donors (Lipinski definition) is 2. The van der Waals surface area contributed by atoms with E-state index in [1.807, 2.05) is 6.20 Å². The topological polar surface area (TPSA) is 40.7 Å². The molecule has 2 N–H and O–H groups in total. The van der Waals surface area contributed by atoms with E-state index in [0.717, 1.165) is 12.1 Å². The van der Waals surface area contributed by atoms with Crippen molar-refractivity contribution < 1.29 is 0 Å². The third kappa shape index (κ3) is 1.72. The number of aromatic amines is 1. The van der Waals surface area contributed by atoms with Gasteiger partial charge < -0.3 is 10.3 Å². The highest BCUT2D eigenvalue weighted by molar-refractivity contribution is 5.70. The molecule has 80 valence electrons. The fraction of sp³-hybridized carbons (Fsp3) is 0.154. The van der Waals surface area contributed by atoms with Gasteiger partial charge in [-0.05, 0) is 11.6 Å². The number of benzene rings is 1. The summed E-state index contributed by atoms with van der Waals surface area (Å²) in [6, 6.07) is 8.68. The van der Waals surface area contributed by atoms with E-state index in [2.05, 4.69) is 51.7 Å². The van der Waals surface area contributed by atoms with Crippen LogP contribution in [0.25, 0.3) is 6.08 Å². The van der Waals surface area contributed by atoms with Gasteiger partial charge in [-0.3, -0.25) is 0 Å². The molecule has 2 heterocycles. The summed E-state index contributed by atoms with van der Waals surface area (Å²) in [7, 11) is 0. The van der Waals surface area contributed by atoms with Gasteiger partial charge in [0, 0.05) is 24.0 Å². The van der Waals surface area contributed by atoms with Gasteiger partial charge >= 0.3 is 0 Å². The number of fused-ring (bicyclic) bond motifs is 1. The zero-order chi connectivity index (χ0) is 10.8. The molecule has 1 aromatic heterocycles. The van der Waals surface area contributed by atoms with Crippen molar-refractivity contribution in [2.45, 2.75) is 12.5 Å². The molecule has 3 rings (SSSR count). The number of imidazole rings is 1. The van der Waals surface area contributed by atoms with Gasteiger partial charge in [-0.1, -0.05) is 30.4 Å². The van der Waals surface area contributed by atoms with Gasteiger partial charge in [0.05, 0.1) is 12.4 Å². The lowest BCUT2D eigenvalue weighted by Crippen LogP contribution is -2.22. The summed E-state index contributed by atoms with van der Waals surface area (Å²) in [5.41, 5.74) is 3.61. The average molecular weight is 211 g/mol. The molecule has 1 aromatic carbocycles. The summed E-state index contributed by atoms with van der Waals surface area (Å²) >= 11 is 0. The molecule has 3 nitrogen and oxygen atoms in total. The van der Waals surface area contributed by atoms with E-state index in [1.165, 1.54) is 11.3 Å². The van der Waals surface area contributed by atoms with Gasteiger partial charge in [0.25, 0.3) is 0 Å². The molecule has 1 unspecified atom stereocenters. The quantitative estimate of drug-likeness (QED) is 0.801. The van der Waals surface area contributed by atoms with Crippen LogP contribution in [0.5, 0.6) is 0 Å². The molecule has 0 bridgehead atoms. The minimum Gasteiger partial charge on any atom is -0.378 e. The van der Waals surface area contributed by atoms with Crippen molar-refractivity contribution in [2.24, 2.45) is 0 Å². The molecule has 0 spiro atoms. The van der Waals surface area contributed by atoms with Crippen LogP contribution in [-0.4, -0.2) is 16.0 Å². The van der Waals surface area contributed by atoms with Gasteiger partial charge in [0.2, 0.25) is 0 Å². The molecule has 0 saturated heterocycles. The number of aromatic nitrogens is 2. The van der Waals surface area contributed by atoms with Crippen LogP contribution in [0.4, 0.5) is 5.69 Å².